The standard InChI is InChI=1S/C16H21NO2S2/c1-11-9-17(10-12(2)19-11)15(18)13-3-5-14(6-4-13)16-20-7-8-21-16/h3-6,11-12,16H,7-10H2,1-2H3/t11-,12-/m0/s1. The topological polar surface area (TPSA) is 29.5 Å². The molecule has 0 spiro atoms. The number of benzene rings is 1. The average molecular weight is 323 g/mol. The summed E-state index contributed by atoms with van der Waals surface area (Å²) in [7, 11) is 0. The molecule has 0 aromatic heterocycles. The van der Waals surface area contributed by atoms with Crippen molar-refractivity contribution in [3.8, 4) is 0 Å². The summed E-state index contributed by atoms with van der Waals surface area (Å²) in [5.74, 6) is 2.56. The molecule has 0 saturated carbocycles. The van der Waals surface area contributed by atoms with Gasteiger partial charge < -0.3 is 9.64 Å². The van der Waals surface area contributed by atoms with E-state index in [1.165, 1.54) is 17.1 Å². The van der Waals surface area contributed by atoms with Crippen molar-refractivity contribution in [1.82, 2.24) is 4.90 Å². The van der Waals surface area contributed by atoms with Crippen LogP contribution >= 0.6 is 23.5 Å². The Balaban J connectivity index is 1.69. The van der Waals surface area contributed by atoms with Crippen molar-refractivity contribution in [3.05, 3.63) is 35.4 Å². The molecule has 2 aliphatic rings. The first-order chi connectivity index (χ1) is 10.1. The number of amides is 1. The van der Waals surface area contributed by atoms with Crippen molar-refractivity contribution in [2.24, 2.45) is 0 Å². The molecule has 0 bridgehead atoms. The van der Waals surface area contributed by atoms with E-state index in [-0.39, 0.29) is 18.1 Å². The minimum atomic E-state index is 0.114. The van der Waals surface area contributed by atoms with E-state index in [1.54, 1.807) is 0 Å². The number of nitrogens with zero attached hydrogens (tertiary/aromatic N) is 1. The minimum absolute atomic E-state index is 0.114. The van der Waals surface area contributed by atoms with Gasteiger partial charge in [0, 0.05) is 30.2 Å². The van der Waals surface area contributed by atoms with Gasteiger partial charge in [-0.05, 0) is 31.5 Å². The van der Waals surface area contributed by atoms with E-state index in [0.29, 0.717) is 17.7 Å². The lowest BCUT2D eigenvalue weighted by atomic mass is 10.1. The van der Waals surface area contributed by atoms with Crippen molar-refractivity contribution in [2.75, 3.05) is 24.6 Å². The first-order valence-electron chi connectivity index (χ1n) is 7.41. The van der Waals surface area contributed by atoms with Crippen LogP contribution in [0, 0.1) is 0 Å². The maximum Gasteiger partial charge on any atom is 0.254 e. The molecule has 2 heterocycles. The van der Waals surface area contributed by atoms with E-state index in [0.717, 1.165) is 5.56 Å². The molecule has 2 atom stereocenters. The van der Waals surface area contributed by atoms with Crippen molar-refractivity contribution in [3.63, 3.8) is 0 Å². The minimum Gasteiger partial charge on any atom is -0.372 e. The molecule has 3 nitrogen and oxygen atoms in total. The number of rotatable bonds is 2. The van der Waals surface area contributed by atoms with Crippen LogP contribution in [0.5, 0.6) is 0 Å². The van der Waals surface area contributed by atoms with Gasteiger partial charge in [0.15, 0.2) is 0 Å². The van der Waals surface area contributed by atoms with Gasteiger partial charge in [-0.25, -0.2) is 0 Å². The van der Waals surface area contributed by atoms with E-state index in [1.807, 2.05) is 54.4 Å². The molecule has 0 N–H and O–H groups in total. The van der Waals surface area contributed by atoms with Gasteiger partial charge >= 0.3 is 0 Å². The van der Waals surface area contributed by atoms with Crippen molar-refractivity contribution < 1.29 is 9.53 Å². The number of carbonyl (C=O) groups is 1. The van der Waals surface area contributed by atoms with Gasteiger partial charge in [0.2, 0.25) is 0 Å². The fourth-order valence-corrected chi connectivity index (χ4v) is 5.72. The molecule has 3 rings (SSSR count). The second kappa shape index (κ2) is 6.63. The summed E-state index contributed by atoms with van der Waals surface area (Å²) >= 11 is 3.98. The monoisotopic (exact) mass is 323 g/mol. The Morgan fingerprint density at radius 3 is 2.24 bits per heavy atom. The first kappa shape index (κ1) is 15.3. The molecule has 21 heavy (non-hydrogen) atoms. The van der Waals surface area contributed by atoms with E-state index in [2.05, 4.69) is 12.1 Å². The van der Waals surface area contributed by atoms with Crippen LogP contribution in [0.15, 0.2) is 24.3 Å². The van der Waals surface area contributed by atoms with Crippen LogP contribution < -0.4 is 0 Å². The van der Waals surface area contributed by atoms with Crippen LogP contribution in [-0.2, 0) is 4.74 Å². The Hall–Kier alpha value is -0.650. The van der Waals surface area contributed by atoms with Gasteiger partial charge in [0.25, 0.3) is 5.91 Å². The van der Waals surface area contributed by atoms with Crippen LogP contribution in [0.25, 0.3) is 0 Å². The summed E-state index contributed by atoms with van der Waals surface area (Å²) in [4.78, 5) is 14.5. The highest BCUT2D eigenvalue weighted by Crippen LogP contribution is 2.45. The lowest BCUT2D eigenvalue weighted by Gasteiger charge is -2.35. The summed E-state index contributed by atoms with van der Waals surface area (Å²) in [6.07, 6.45) is 0.228. The SMILES string of the molecule is C[C@H]1CN(C(=O)c2ccc(C3SCCS3)cc2)C[C@H](C)O1. The van der Waals surface area contributed by atoms with Crippen LogP contribution in [0.4, 0.5) is 0 Å². The van der Waals surface area contributed by atoms with Crippen LogP contribution in [0.2, 0.25) is 0 Å². The predicted molar refractivity (Wildman–Crippen MR) is 90.0 cm³/mol. The van der Waals surface area contributed by atoms with E-state index < -0.39 is 0 Å². The van der Waals surface area contributed by atoms with Gasteiger partial charge in [0.1, 0.15) is 0 Å². The highest BCUT2D eigenvalue weighted by molar-refractivity contribution is 8.19. The fraction of sp³-hybridized carbons (Fsp3) is 0.562. The Labute approximate surface area is 134 Å². The number of hydrogen-bond acceptors (Lipinski definition) is 4. The molecule has 2 fully saturated rings. The maximum atomic E-state index is 12.6. The Morgan fingerprint density at radius 1 is 1.10 bits per heavy atom. The highest BCUT2D eigenvalue weighted by atomic mass is 32.2. The Bertz CT molecular complexity index is 490. The third-order valence-corrected chi connectivity index (χ3v) is 6.86. The molecule has 1 aromatic rings. The number of morpholine rings is 1. The molecule has 2 saturated heterocycles. The maximum absolute atomic E-state index is 12.6. The van der Waals surface area contributed by atoms with Crippen LogP contribution in [0.3, 0.4) is 0 Å². The molecule has 5 heteroatoms. The van der Waals surface area contributed by atoms with Crippen molar-refractivity contribution in [1.29, 1.82) is 0 Å². The first-order valence-corrected chi connectivity index (χ1v) is 9.51. The normalized spacial score (nSPS) is 27.0. The lowest BCUT2D eigenvalue weighted by molar-refractivity contribution is -0.0586. The largest absolute Gasteiger partial charge is 0.372 e. The molecule has 0 unspecified atom stereocenters. The molecule has 1 amide bonds. The third kappa shape index (κ3) is 3.58. The van der Waals surface area contributed by atoms with Crippen molar-refractivity contribution in [2.45, 2.75) is 30.6 Å². The fourth-order valence-electron chi connectivity index (χ4n) is 2.86. The van der Waals surface area contributed by atoms with Gasteiger partial charge in [0.05, 0.1) is 16.8 Å². The Kier molecular flexibility index (Phi) is 4.82. The van der Waals surface area contributed by atoms with E-state index >= 15 is 0 Å². The molecular weight excluding hydrogens is 302 g/mol. The molecular formula is C16H21NO2S2. The van der Waals surface area contributed by atoms with Crippen molar-refractivity contribution >= 4 is 29.4 Å². The number of thioether (sulfide) groups is 2. The molecule has 0 aliphatic carbocycles. The van der Waals surface area contributed by atoms with Gasteiger partial charge in [-0.2, -0.15) is 0 Å². The lowest BCUT2D eigenvalue weighted by Crippen LogP contribution is -2.48. The summed E-state index contributed by atoms with van der Waals surface area (Å²) in [5, 5.41) is 0. The number of carbonyl (C=O) groups excluding carboxylic acids is 1. The van der Waals surface area contributed by atoms with Crippen LogP contribution in [-0.4, -0.2) is 47.6 Å². The molecule has 114 valence electrons. The molecule has 0 radical (unpaired) electrons. The average Bonchev–Trinajstić information content (AvgIpc) is 3.00. The summed E-state index contributed by atoms with van der Waals surface area (Å²) < 4.78 is 6.23. The zero-order valence-corrected chi connectivity index (χ0v) is 14.1. The quantitative estimate of drug-likeness (QED) is 0.834. The third-order valence-electron chi connectivity index (χ3n) is 3.76. The molecule has 1 aromatic carbocycles. The Morgan fingerprint density at radius 2 is 1.67 bits per heavy atom. The van der Waals surface area contributed by atoms with Crippen LogP contribution in [0.1, 0.15) is 34.4 Å². The zero-order valence-electron chi connectivity index (χ0n) is 12.5. The second-order valence-corrected chi connectivity index (χ2v) is 8.39. The number of ether oxygens (including phenoxy) is 1. The predicted octanol–water partition coefficient (Wildman–Crippen LogP) is 3.41. The van der Waals surface area contributed by atoms with E-state index in [9.17, 15) is 4.79 Å². The summed E-state index contributed by atoms with van der Waals surface area (Å²) in [6, 6.07) is 8.16. The van der Waals surface area contributed by atoms with E-state index in [4.69, 9.17) is 4.74 Å². The second-order valence-electron chi connectivity index (χ2n) is 5.66. The summed E-state index contributed by atoms with van der Waals surface area (Å²) in [6.45, 7) is 5.40. The number of hydrogen-bond donors (Lipinski definition) is 0. The smallest absolute Gasteiger partial charge is 0.254 e. The highest BCUT2D eigenvalue weighted by Gasteiger charge is 2.26. The molecule has 2 aliphatic heterocycles. The van der Waals surface area contributed by atoms with Gasteiger partial charge in [-0.3, -0.25) is 4.79 Å². The summed E-state index contributed by atoms with van der Waals surface area (Å²) in [5.41, 5.74) is 2.11. The zero-order chi connectivity index (χ0) is 14.8. The van der Waals surface area contributed by atoms with Gasteiger partial charge in [-0.15, -0.1) is 23.5 Å². The van der Waals surface area contributed by atoms with Gasteiger partial charge in [-0.1, -0.05) is 12.1 Å².